The summed E-state index contributed by atoms with van der Waals surface area (Å²) in [7, 11) is -3.12. The Morgan fingerprint density at radius 3 is 1.33 bits per heavy atom. The van der Waals surface area contributed by atoms with Gasteiger partial charge in [-0.1, -0.05) is 72.8 Å². The van der Waals surface area contributed by atoms with Crippen molar-refractivity contribution in [2.45, 2.75) is 4.90 Å². The van der Waals surface area contributed by atoms with Gasteiger partial charge < -0.3 is 0 Å². The summed E-state index contributed by atoms with van der Waals surface area (Å²) in [5.74, 6) is -0.268. The minimum Gasteiger partial charge on any atom is -0.288 e. The smallest absolute Gasteiger partial charge is 0.254 e. The van der Waals surface area contributed by atoms with E-state index >= 15 is 0 Å². The average Bonchev–Trinajstić information content (AvgIpc) is 2.59. The molecule has 0 atom stereocenters. The Morgan fingerprint density at radius 1 is 0.708 bits per heavy atom. The predicted octanol–water partition coefficient (Wildman–Crippen LogP) is 4.54. The summed E-state index contributed by atoms with van der Waals surface area (Å²) in [6.45, 7) is 0. The van der Waals surface area contributed by atoms with Crippen molar-refractivity contribution >= 4 is 23.6 Å². The lowest BCUT2D eigenvalue weighted by Gasteiger charge is -1.98. The third-order valence-corrected chi connectivity index (χ3v) is 3.10. The molecule has 6 heteroatoms. The molecule has 0 radical (unpaired) electrons. The van der Waals surface area contributed by atoms with Gasteiger partial charge in [0.15, 0.2) is 0 Å². The van der Waals surface area contributed by atoms with Gasteiger partial charge in [-0.15, -0.1) is 12.6 Å². The lowest BCUT2D eigenvalue weighted by Crippen LogP contribution is -1.73. The van der Waals surface area contributed by atoms with E-state index in [1.165, 1.54) is 17.2 Å². The van der Waals surface area contributed by atoms with Crippen molar-refractivity contribution in [3.05, 3.63) is 90.7 Å². The van der Waals surface area contributed by atoms with E-state index in [1.807, 2.05) is 12.1 Å². The summed E-state index contributed by atoms with van der Waals surface area (Å²) in [4.78, 5) is 0.396. The second-order valence-corrected chi connectivity index (χ2v) is 5.38. The van der Waals surface area contributed by atoms with Crippen LogP contribution < -0.4 is 0 Å². The van der Waals surface area contributed by atoms with Gasteiger partial charge in [-0.3, -0.25) is 4.55 Å². The molecule has 0 fully saturated rings. The summed E-state index contributed by atoms with van der Waals surface area (Å²) in [6.07, 6.45) is 0. The zero-order valence-corrected chi connectivity index (χ0v) is 14.4. The zero-order chi connectivity index (χ0) is 17.8. The maximum Gasteiger partial charge on any atom is 0.254 e. The molecule has 0 bridgehead atoms. The lowest BCUT2D eigenvalue weighted by atomic mass is 10.1. The first-order chi connectivity index (χ1) is 11.5. The van der Waals surface area contributed by atoms with Gasteiger partial charge in [0.1, 0.15) is 5.82 Å². The van der Waals surface area contributed by atoms with Crippen LogP contribution in [0.15, 0.2) is 89.8 Å². The molecule has 0 amide bonds. The quantitative estimate of drug-likeness (QED) is 0.439. The van der Waals surface area contributed by atoms with Crippen LogP contribution in [-0.2, 0) is 11.0 Å². The van der Waals surface area contributed by atoms with Crippen molar-refractivity contribution in [2.24, 2.45) is 0 Å². The molecule has 0 saturated heterocycles. The van der Waals surface area contributed by atoms with Crippen LogP contribution in [0.4, 0.5) is 4.39 Å². The summed E-state index contributed by atoms with van der Waals surface area (Å²) in [5.41, 5.74) is 2.55. The van der Waals surface area contributed by atoms with E-state index < -0.39 is 11.0 Å². The standard InChI is InChI=1S/C12H10.C6H5FS.H2O3S/c1-3-7-11(8-4-1)12-9-5-2-6-10-12;7-5-3-1-2-4-6(5)8;1-4(2)3/h1-10H;1-4,8H;4H,(H,1,2,3). The van der Waals surface area contributed by atoms with Crippen LogP contribution in [0.2, 0.25) is 0 Å². The van der Waals surface area contributed by atoms with Crippen LogP contribution in [0.1, 0.15) is 0 Å². The minimum atomic E-state index is -3.12. The minimum absolute atomic E-state index is 0.268. The van der Waals surface area contributed by atoms with E-state index in [0.29, 0.717) is 4.90 Å². The number of rotatable bonds is 1. The molecule has 3 aromatic rings. The largest absolute Gasteiger partial charge is 0.288 e. The fraction of sp³-hybridized carbons (Fsp3) is 0. The molecule has 0 aliphatic carbocycles. The molecule has 0 aliphatic heterocycles. The van der Waals surface area contributed by atoms with Crippen molar-refractivity contribution < 1.29 is 17.4 Å². The Bertz CT molecular complexity index is 725. The van der Waals surface area contributed by atoms with Crippen LogP contribution in [0.3, 0.4) is 0 Å². The van der Waals surface area contributed by atoms with Gasteiger partial charge in [-0.25, -0.2) is 12.8 Å². The van der Waals surface area contributed by atoms with Gasteiger partial charge in [0.05, 0.1) is 0 Å². The molecule has 0 spiro atoms. The molecule has 3 rings (SSSR count). The number of thiol groups is 2. The molecular weight excluding hydrogens is 347 g/mol. The molecular formula is C18H17FO3S2. The Kier molecular flexibility index (Phi) is 9.45. The van der Waals surface area contributed by atoms with Gasteiger partial charge in [0.2, 0.25) is 0 Å². The second-order valence-electron chi connectivity index (χ2n) is 4.42. The number of hydrogen-bond donors (Lipinski definition) is 3. The van der Waals surface area contributed by atoms with Gasteiger partial charge in [0.25, 0.3) is 11.0 Å². The fourth-order valence-electron chi connectivity index (χ4n) is 1.71. The highest BCUT2D eigenvalue weighted by Gasteiger charge is 1.92. The molecule has 0 aliphatic rings. The molecule has 24 heavy (non-hydrogen) atoms. The highest BCUT2D eigenvalue weighted by atomic mass is 32.2. The van der Waals surface area contributed by atoms with E-state index in [0.717, 1.165) is 0 Å². The third kappa shape index (κ3) is 8.47. The number of benzene rings is 3. The van der Waals surface area contributed by atoms with E-state index in [4.69, 9.17) is 13.0 Å². The highest BCUT2D eigenvalue weighted by molar-refractivity contribution is 7.80. The van der Waals surface area contributed by atoms with E-state index in [1.54, 1.807) is 18.2 Å². The maximum absolute atomic E-state index is 12.2. The van der Waals surface area contributed by atoms with Crippen LogP contribution >= 0.6 is 12.6 Å². The maximum atomic E-state index is 12.2. The first-order valence-corrected chi connectivity index (χ1v) is 8.45. The van der Waals surface area contributed by atoms with Crippen molar-refractivity contribution in [3.63, 3.8) is 0 Å². The topological polar surface area (TPSA) is 54.4 Å². The predicted molar refractivity (Wildman–Crippen MR) is 98.5 cm³/mol. The molecule has 0 heterocycles. The van der Waals surface area contributed by atoms with Crippen LogP contribution in [-0.4, -0.2) is 13.0 Å². The number of hydrogen-bond acceptors (Lipinski definition) is 3. The molecule has 0 unspecified atom stereocenters. The molecule has 1 N–H and O–H groups in total. The molecule has 3 aromatic carbocycles. The van der Waals surface area contributed by atoms with Crippen molar-refractivity contribution in [1.82, 2.24) is 0 Å². The normalized spacial score (nSPS) is 9.33. The Morgan fingerprint density at radius 2 is 1.04 bits per heavy atom. The summed E-state index contributed by atoms with van der Waals surface area (Å²) in [6, 6.07) is 27.1. The first kappa shape index (κ1) is 19.9. The summed E-state index contributed by atoms with van der Waals surface area (Å²) >= 11 is 3.82. The van der Waals surface area contributed by atoms with Crippen LogP contribution in [0.5, 0.6) is 0 Å². The number of halogens is 1. The lowest BCUT2D eigenvalue weighted by molar-refractivity contribution is 0.509. The van der Waals surface area contributed by atoms with Crippen molar-refractivity contribution in [1.29, 1.82) is 0 Å². The Balaban J connectivity index is 0.000000208. The monoisotopic (exact) mass is 364 g/mol. The summed E-state index contributed by atoms with van der Waals surface area (Å²) < 4.78 is 36.4. The first-order valence-electron chi connectivity index (χ1n) is 6.88. The molecule has 126 valence electrons. The third-order valence-electron chi connectivity index (χ3n) is 2.73. The van der Waals surface area contributed by atoms with E-state index in [-0.39, 0.29) is 5.82 Å². The zero-order valence-electron chi connectivity index (χ0n) is 12.6. The molecule has 0 aromatic heterocycles. The van der Waals surface area contributed by atoms with Gasteiger partial charge >= 0.3 is 0 Å². The van der Waals surface area contributed by atoms with Gasteiger partial charge in [0, 0.05) is 4.90 Å². The van der Waals surface area contributed by atoms with Crippen LogP contribution in [0.25, 0.3) is 11.1 Å². The Hall–Kier alpha value is -2.15. The fourth-order valence-corrected chi connectivity index (χ4v) is 1.87. The average molecular weight is 364 g/mol. The second kappa shape index (κ2) is 11.4. The Labute approximate surface area is 148 Å². The van der Waals surface area contributed by atoms with Crippen molar-refractivity contribution in [2.75, 3.05) is 0 Å². The summed E-state index contributed by atoms with van der Waals surface area (Å²) in [5, 5.41) is 0. The SMILES string of the molecule is Fc1ccccc1S.O=[SH](=O)O.c1ccc(-c2ccccc2)cc1. The van der Waals surface area contributed by atoms with Crippen molar-refractivity contribution in [3.8, 4) is 11.1 Å². The van der Waals surface area contributed by atoms with Crippen LogP contribution in [0, 0.1) is 5.82 Å². The highest BCUT2D eigenvalue weighted by Crippen LogP contribution is 2.17. The molecule has 0 saturated carbocycles. The van der Waals surface area contributed by atoms with Gasteiger partial charge in [-0.2, -0.15) is 0 Å². The molecule has 3 nitrogen and oxygen atoms in total. The van der Waals surface area contributed by atoms with E-state index in [2.05, 4.69) is 61.2 Å². The van der Waals surface area contributed by atoms with Gasteiger partial charge in [-0.05, 0) is 23.3 Å². The van der Waals surface area contributed by atoms with E-state index in [9.17, 15) is 4.39 Å².